The summed E-state index contributed by atoms with van der Waals surface area (Å²) >= 11 is 0. The van der Waals surface area contributed by atoms with Gasteiger partial charge in [-0.3, -0.25) is 9.69 Å². The van der Waals surface area contributed by atoms with Gasteiger partial charge in [0.2, 0.25) is 0 Å². The second kappa shape index (κ2) is 7.66. The van der Waals surface area contributed by atoms with Gasteiger partial charge in [0.15, 0.2) is 0 Å². The van der Waals surface area contributed by atoms with Gasteiger partial charge in [0, 0.05) is 42.0 Å². The van der Waals surface area contributed by atoms with Crippen molar-refractivity contribution in [3.05, 3.63) is 102 Å². The van der Waals surface area contributed by atoms with Crippen LogP contribution in [-0.2, 0) is 5.41 Å². The number of benzene rings is 4. The first-order valence-corrected chi connectivity index (χ1v) is 11.2. The zero-order valence-corrected chi connectivity index (χ0v) is 19.4. The Balaban J connectivity index is 1.73. The van der Waals surface area contributed by atoms with Crippen LogP contribution in [-0.4, -0.2) is 25.1 Å². The first kappa shape index (κ1) is 21.1. The summed E-state index contributed by atoms with van der Waals surface area (Å²) in [6, 6.07) is 27.1. The molecule has 4 aromatic carbocycles. The molecule has 166 valence electrons. The molecular formula is C29H28N2O2. The van der Waals surface area contributed by atoms with Gasteiger partial charge in [-0.05, 0) is 52.7 Å². The van der Waals surface area contributed by atoms with Gasteiger partial charge in [0.05, 0.1) is 6.04 Å². The molecule has 0 bridgehead atoms. The van der Waals surface area contributed by atoms with Crippen LogP contribution in [0.15, 0.2) is 84.9 Å². The first-order valence-electron chi connectivity index (χ1n) is 11.2. The van der Waals surface area contributed by atoms with E-state index in [0.29, 0.717) is 5.56 Å². The molecule has 1 atom stereocenters. The fraction of sp³-hybridized carbons (Fsp3) is 0.207. The number of hydrogen-bond acceptors (Lipinski definition) is 3. The lowest BCUT2D eigenvalue weighted by atomic mass is 9.76. The summed E-state index contributed by atoms with van der Waals surface area (Å²) < 4.78 is 0. The van der Waals surface area contributed by atoms with Crippen molar-refractivity contribution >= 4 is 28.1 Å². The minimum Gasteiger partial charge on any atom is -0.508 e. The summed E-state index contributed by atoms with van der Waals surface area (Å²) in [4.78, 5) is 17.9. The highest BCUT2D eigenvalue weighted by atomic mass is 16.3. The van der Waals surface area contributed by atoms with Crippen LogP contribution in [0.25, 0.3) is 10.8 Å². The zero-order chi connectivity index (χ0) is 23.3. The van der Waals surface area contributed by atoms with Gasteiger partial charge in [-0.2, -0.15) is 0 Å². The molecule has 4 heteroatoms. The summed E-state index contributed by atoms with van der Waals surface area (Å²) in [5, 5.41) is 13.1. The van der Waals surface area contributed by atoms with Crippen LogP contribution in [0.3, 0.4) is 0 Å². The molecule has 1 aliphatic rings. The van der Waals surface area contributed by atoms with E-state index < -0.39 is 5.41 Å². The molecule has 4 nitrogen and oxygen atoms in total. The molecule has 0 saturated heterocycles. The van der Waals surface area contributed by atoms with Crippen molar-refractivity contribution in [2.75, 3.05) is 23.9 Å². The zero-order valence-electron chi connectivity index (χ0n) is 19.4. The number of phenols is 1. The summed E-state index contributed by atoms with van der Waals surface area (Å²) in [6.07, 6.45) is 0. The minimum atomic E-state index is -0.405. The number of amides is 1. The normalized spacial score (nSPS) is 16.6. The minimum absolute atomic E-state index is 0.0735. The van der Waals surface area contributed by atoms with E-state index in [1.807, 2.05) is 96.7 Å². The third kappa shape index (κ3) is 3.25. The van der Waals surface area contributed by atoms with Gasteiger partial charge in [-0.15, -0.1) is 0 Å². The number of para-hydroxylation sites is 1. The van der Waals surface area contributed by atoms with Crippen LogP contribution in [0.5, 0.6) is 5.75 Å². The number of carbonyl (C=O) groups is 1. The Morgan fingerprint density at radius 3 is 2.27 bits per heavy atom. The lowest BCUT2D eigenvalue weighted by Gasteiger charge is -2.35. The van der Waals surface area contributed by atoms with Gasteiger partial charge in [0.25, 0.3) is 5.91 Å². The van der Waals surface area contributed by atoms with Crippen LogP contribution in [0, 0.1) is 0 Å². The molecule has 0 saturated carbocycles. The van der Waals surface area contributed by atoms with E-state index in [2.05, 4.69) is 19.9 Å². The van der Waals surface area contributed by atoms with Crippen molar-refractivity contribution in [3.8, 4) is 5.75 Å². The van der Waals surface area contributed by atoms with E-state index in [1.54, 1.807) is 6.07 Å². The summed E-state index contributed by atoms with van der Waals surface area (Å²) in [5.74, 6) is 0.135. The standard InChI is InChI=1S/C29H28N2O2/c1-29(2)23-11-7-8-12-24(23)31(28(33)20-13-16-21(17-14-20)30(3)4)27(29)26-22-10-6-5-9-19(22)15-18-25(26)32/h5-18,27,32H,1-4H3/t27-/m1/s1. The molecule has 1 aliphatic heterocycles. The summed E-state index contributed by atoms with van der Waals surface area (Å²) in [5.41, 5.74) is 4.03. The molecule has 0 spiro atoms. The van der Waals surface area contributed by atoms with E-state index >= 15 is 0 Å². The first-order chi connectivity index (χ1) is 15.8. The average molecular weight is 437 g/mol. The van der Waals surface area contributed by atoms with Crippen LogP contribution in [0.2, 0.25) is 0 Å². The molecular weight excluding hydrogens is 408 g/mol. The van der Waals surface area contributed by atoms with Crippen LogP contribution in [0.4, 0.5) is 11.4 Å². The number of rotatable bonds is 3. The topological polar surface area (TPSA) is 43.8 Å². The lowest BCUT2D eigenvalue weighted by Crippen LogP contribution is -2.38. The molecule has 1 heterocycles. The number of nitrogens with zero attached hydrogens (tertiary/aromatic N) is 2. The van der Waals surface area contributed by atoms with Crippen molar-refractivity contribution in [2.24, 2.45) is 0 Å². The van der Waals surface area contributed by atoms with Crippen LogP contribution < -0.4 is 9.80 Å². The highest BCUT2D eigenvalue weighted by Gasteiger charge is 2.49. The Kier molecular flexibility index (Phi) is 4.89. The van der Waals surface area contributed by atoms with Gasteiger partial charge >= 0.3 is 0 Å². The third-order valence-electron chi connectivity index (χ3n) is 6.87. The Morgan fingerprint density at radius 1 is 0.879 bits per heavy atom. The molecule has 0 unspecified atom stereocenters. The van der Waals surface area contributed by atoms with Crippen molar-refractivity contribution in [1.82, 2.24) is 0 Å². The molecule has 1 amide bonds. The molecule has 5 rings (SSSR count). The number of phenolic OH excluding ortho intramolecular Hbond substituents is 1. The molecule has 0 aromatic heterocycles. The fourth-order valence-corrected chi connectivity index (χ4v) is 5.17. The number of hydrogen-bond donors (Lipinski definition) is 1. The number of fused-ring (bicyclic) bond motifs is 2. The quantitative estimate of drug-likeness (QED) is 0.410. The maximum absolute atomic E-state index is 14.0. The molecule has 0 fully saturated rings. The van der Waals surface area contributed by atoms with Crippen molar-refractivity contribution in [1.29, 1.82) is 0 Å². The van der Waals surface area contributed by atoms with E-state index in [0.717, 1.165) is 33.3 Å². The largest absolute Gasteiger partial charge is 0.508 e. The number of anilines is 2. The Hall–Kier alpha value is -3.79. The highest BCUT2D eigenvalue weighted by molar-refractivity contribution is 6.09. The molecule has 0 aliphatic carbocycles. The summed E-state index contributed by atoms with van der Waals surface area (Å²) in [6.45, 7) is 4.31. The second-order valence-electron chi connectivity index (χ2n) is 9.48. The maximum Gasteiger partial charge on any atom is 0.258 e. The molecule has 0 radical (unpaired) electrons. The predicted octanol–water partition coefficient (Wildman–Crippen LogP) is 6.29. The Morgan fingerprint density at radius 2 is 1.55 bits per heavy atom. The highest BCUT2D eigenvalue weighted by Crippen LogP contribution is 2.55. The van der Waals surface area contributed by atoms with Crippen molar-refractivity contribution < 1.29 is 9.90 Å². The van der Waals surface area contributed by atoms with Gasteiger partial charge in [0.1, 0.15) is 5.75 Å². The molecule has 1 N–H and O–H groups in total. The van der Waals surface area contributed by atoms with Crippen LogP contribution >= 0.6 is 0 Å². The third-order valence-corrected chi connectivity index (χ3v) is 6.87. The maximum atomic E-state index is 14.0. The average Bonchev–Trinajstić information content (AvgIpc) is 3.05. The van der Waals surface area contributed by atoms with Gasteiger partial charge < -0.3 is 10.0 Å². The molecule has 33 heavy (non-hydrogen) atoms. The second-order valence-corrected chi connectivity index (χ2v) is 9.48. The van der Waals surface area contributed by atoms with Crippen molar-refractivity contribution in [3.63, 3.8) is 0 Å². The number of aromatic hydroxyl groups is 1. The van der Waals surface area contributed by atoms with Crippen LogP contribution in [0.1, 0.15) is 41.4 Å². The smallest absolute Gasteiger partial charge is 0.258 e. The van der Waals surface area contributed by atoms with Crippen molar-refractivity contribution in [2.45, 2.75) is 25.3 Å². The monoisotopic (exact) mass is 436 g/mol. The van der Waals surface area contributed by atoms with E-state index in [9.17, 15) is 9.90 Å². The number of carbonyl (C=O) groups excluding carboxylic acids is 1. The molecule has 4 aromatic rings. The lowest BCUT2D eigenvalue weighted by molar-refractivity contribution is 0.0971. The van der Waals surface area contributed by atoms with E-state index in [1.165, 1.54) is 0 Å². The Labute approximate surface area is 194 Å². The fourth-order valence-electron chi connectivity index (χ4n) is 5.17. The van der Waals surface area contributed by atoms with Gasteiger partial charge in [-0.1, -0.05) is 62.4 Å². The Bertz CT molecular complexity index is 1360. The SMILES string of the molecule is CN(C)c1ccc(C(=O)N2c3ccccc3C(C)(C)[C@H]2c2c(O)ccc3ccccc23)cc1. The van der Waals surface area contributed by atoms with E-state index in [4.69, 9.17) is 0 Å². The van der Waals surface area contributed by atoms with Gasteiger partial charge in [-0.25, -0.2) is 0 Å². The van der Waals surface area contributed by atoms with E-state index in [-0.39, 0.29) is 17.7 Å². The summed E-state index contributed by atoms with van der Waals surface area (Å²) in [7, 11) is 3.96. The predicted molar refractivity (Wildman–Crippen MR) is 135 cm³/mol.